The largest absolute Gasteiger partial charge is 0.457 e. The van der Waals surface area contributed by atoms with Crippen LogP contribution >= 0.6 is 15.9 Å². The summed E-state index contributed by atoms with van der Waals surface area (Å²) in [6, 6.07) is 13.2. The van der Waals surface area contributed by atoms with Gasteiger partial charge in [-0.15, -0.1) is 0 Å². The van der Waals surface area contributed by atoms with Gasteiger partial charge in [0.1, 0.15) is 11.5 Å². The second kappa shape index (κ2) is 5.09. The maximum atomic E-state index is 11.1. The van der Waals surface area contributed by atoms with Gasteiger partial charge in [-0.05, 0) is 48.5 Å². The Morgan fingerprint density at radius 1 is 0.889 bits per heavy atom. The molecule has 0 heterocycles. The molecule has 0 aromatic heterocycles. The van der Waals surface area contributed by atoms with Gasteiger partial charge >= 0.3 is 0 Å². The Morgan fingerprint density at radius 3 is 1.78 bits per heavy atom. The van der Waals surface area contributed by atoms with E-state index in [2.05, 4.69) is 15.9 Å². The van der Waals surface area contributed by atoms with Crippen molar-refractivity contribution >= 4 is 26.0 Å². The molecule has 2 N–H and O–H groups in total. The fraction of sp³-hybridized carbons (Fsp3) is 0. The first-order valence-electron chi connectivity index (χ1n) is 5.01. The minimum atomic E-state index is -3.66. The molecule has 0 bridgehead atoms. The predicted octanol–water partition coefficient (Wildman–Crippen LogP) is 2.89. The molecule has 2 rings (SSSR count). The topological polar surface area (TPSA) is 69.4 Å². The van der Waals surface area contributed by atoms with Crippen molar-refractivity contribution in [3.05, 3.63) is 53.0 Å². The van der Waals surface area contributed by atoms with E-state index in [1.807, 2.05) is 12.1 Å². The van der Waals surface area contributed by atoms with E-state index in [0.717, 1.165) is 4.47 Å². The summed E-state index contributed by atoms with van der Waals surface area (Å²) in [6.45, 7) is 0. The van der Waals surface area contributed by atoms with E-state index in [1.165, 1.54) is 12.1 Å². The smallest absolute Gasteiger partial charge is 0.238 e. The molecule has 0 fully saturated rings. The third-order valence-corrected chi connectivity index (χ3v) is 3.66. The van der Waals surface area contributed by atoms with Crippen molar-refractivity contribution in [2.24, 2.45) is 5.14 Å². The number of nitrogens with two attached hydrogens (primary N) is 1. The highest BCUT2D eigenvalue weighted by atomic mass is 79.9. The van der Waals surface area contributed by atoms with Crippen LogP contribution in [0.15, 0.2) is 57.9 Å². The van der Waals surface area contributed by atoms with Crippen LogP contribution in [-0.4, -0.2) is 8.42 Å². The average Bonchev–Trinajstić information content (AvgIpc) is 2.32. The Balaban J connectivity index is 2.18. The Hall–Kier alpha value is -1.37. The fourth-order valence-corrected chi connectivity index (χ4v) is 2.12. The summed E-state index contributed by atoms with van der Waals surface area (Å²) in [7, 11) is -3.66. The molecule has 2 aromatic carbocycles. The third kappa shape index (κ3) is 3.32. The third-order valence-electron chi connectivity index (χ3n) is 2.20. The average molecular weight is 328 g/mol. The van der Waals surface area contributed by atoms with Crippen LogP contribution in [0.3, 0.4) is 0 Å². The molecule has 18 heavy (non-hydrogen) atoms. The van der Waals surface area contributed by atoms with Gasteiger partial charge in [-0.3, -0.25) is 0 Å². The van der Waals surface area contributed by atoms with Crippen molar-refractivity contribution in [3.8, 4) is 11.5 Å². The molecule has 0 atom stereocenters. The molecule has 6 heteroatoms. The summed E-state index contributed by atoms with van der Waals surface area (Å²) in [6.07, 6.45) is 0. The van der Waals surface area contributed by atoms with Crippen molar-refractivity contribution in [1.29, 1.82) is 0 Å². The van der Waals surface area contributed by atoms with Crippen molar-refractivity contribution in [2.75, 3.05) is 0 Å². The summed E-state index contributed by atoms with van der Waals surface area (Å²) in [5.74, 6) is 1.21. The number of ether oxygens (including phenoxy) is 1. The molecule has 4 nitrogen and oxygen atoms in total. The maximum Gasteiger partial charge on any atom is 0.238 e. The van der Waals surface area contributed by atoms with E-state index in [9.17, 15) is 8.42 Å². The van der Waals surface area contributed by atoms with Crippen molar-refractivity contribution in [1.82, 2.24) is 0 Å². The lowest BCUT2D eigenvalue weighted by molar-refractivity contribution is 0.482. The van der Waals surface area contributed by atoms with Crippen molar-refractivity contribution < 1.29 is 13.2 Å². The van der Waals surface area contributed by atoms with E-state index in [1.54, 1.807) is 24.3 Å². The van der Waals surface area contributed by atoms with E-state index in [0.29, 0.717) is 11.5 Å². The Labute approximate surface area is 114 Å². The molecule has 0 radical (unpaired) electrons. The maximum absolute atomic E-state index is 11.1. The lowest BCUT2D eigenvalue weighted by Gasteiger charge is -2.06. The summed E-state index contributed by atoms with van der Waals surface area (Å²) in [5, 5.41) is 5.00. The molecule has 0 saturated heterocycles. The van der Waals surface area contributed by atoms with Crippen LogP contribution in [0, 0.1) is 0 Å². The Kier molecular flexibility index (Phi) is 3.70. The first-order chi connectivity index (χ1) is 8.45. The number of rotatable bonds is 3. The first kappa shape index (κ1) is 13.1. The van der Waals surface area contributed by atoms with Crippen LogP contribution in [-0.2, 0) is 10.0 Å². The van der Waals surface area contributed by atoms with Crippen LogP contribution < -0.4 is 9.88 Å². The molecule has 0 amide bonds. The number of sulfonamides is 1. The summed E-state index contributed by atoms with van der Waals surface area (Å²) >= 11 is 3.33. The monoisotopic (exact) mass is 327 g/mol. The summed E-state index contributed by atoms with van der Waals surface area (Å²) in [4.78, 5) is 0.0608. The van der Waals surface area contributed by atoms with Crippen molar-refractivity contribution in [2.45, 2.75) is 4.90 Å². The van der Waals surface area contributed by atoms with Crippen LogP contribution in [0.1, 0.15) is 0 Å². The predicted molar refractivity (Wildman–Crippen MR) is 72.0 cm³/mol. The number of primary sulfonamides is 1. The SMILES string of the molecule is NS(=O)(=O)c1ccc(Oc2ccc(Br)cc2)cc1. The van der Waals surface area contributed by atoms with Gasteiger partial charge in [0.15, 0.2) is 0 Å². The minimum absolute atomic E-state index is 0.0608. The van der Waals surface area contributed by atoms with Crippen LogP contribution in [0.4, 0.5) is 0 Å². The van der Waals surface area contributed by atoms with Crippen LogP contribution in [0.2, 0.25) is 0 Å². The number of halogens is 1. The lowest BCUT2D eigenvalue weighted by Crippen LogP contribution is -2.11. The highest BCUT2D eigenvalue weighted by molar-refractivity contribution is 9.10. The fourth-order valence-electron chi connectivity index (χ4n) is 1.34. The Morgan fingerprint density at radius 2 is 1.33 bits per heavy atom. The molecule has 2 aromatic rings. The van der Waals surface area contributed by atoms with Gasteiger partial charge in [0.05, 0.1) is 4.90 Å². The Bertz CT molecular complexity index is 636. The summed E-state index contributed by atoms with van der Waals surface area (Å²) in [5.41, 5.74) is 0. The van der Waals surface area contributed by atoms with Crippen molar-refractivity contribution in [3.63, 3.8) is 0 Å². The highest BCUT2D eigenvalue weighted by Crippen LogP contribution is 2.24. The molecule has 94 valence electrons. The zero-order chi connectivity index (χ0) is 13.2. The zero-order valence-corrected chi connectivity index (χ0v) is 11.6. The van der Waals surface area contributed by atoms with Gasteiger partial charge in [0.25, 0.3) is 0 Å². The molecule has 0 unspecified atom stereocenters. The quantitative estimate of drug-likeness (QED) is 0.942. The lowest BCUT2D eigenvalue weighted by atomic mass is 10.3. The zero-order valence-electron chi connectivity index (χ0n) is 9.21. The van der Waals surface area contributed by atoms with E-state index in [4.69, 9.17) is 9.88 Å². The second-order valence-corrected chi connectivity index (χ2v) is 6.05. The van der Waals surface area contributed by atoms with Gasteiger partial charge in [-0.2, -0.15) is 0 Å². The molecule has 0 spiro atoms. The summed E-state index contributed by atoms with van der Waals surface area (Å²) < 4.78 is 28.6. The van der Waals surface area contributed by atoms with Gasteiger partial charge in [-0.1, -0.05) is 15.9 Å². The standard InChI is InChI=1S/C12H10BrNO3S/c13-9-1-3-10(4-2-9)17-11-5-7-12(8-6-11)18(14,15)16/h1-8H,(H2,14,15,16). The van der Waals surface area contributed by atoms with Gasteiger partial charge in [0, 0.05) is 4.47 Å². The molecule has 0 aliphatic rings. The second-order valence-electron chi connectivity index (χ2n) is 3.57. The van der Waals surface area contributed by atoms with Gasteiger partial charge < -0.3 is 4.74 Å². The molecule has 0 saturated carbocycles. The van der Waals surface area contributed by atoms with Crippen LogP contribution in [0.5, 0.6) is 11.5 Å². The van der Waals surface area contributed by atoms with Gasteiger partial charge in [-0.25, -0.2) is 13.6 Å². The van der Waals surface area contributed by atoms with Gasteiger partial charge in [0.2, 0.25) is 10.0 Å². The number of hydrogen-bond acceptors (Lipinski definition) is 3. The first-order valence-corrected chi connectivity index (χ1v) is 7.35. The molecule has 0 aliphatic carbocycles. The number of benzene rings is 2. The molecular weight excluding hydrogens is 318 g/mol. The highest BCUT2D eigenvalue weighted by Gasteiger charge is 2.07. The van der Waals surface area contributed by atoms with E-state index < -0.39 is 10.0 Å². The number of hydrogen-bond donors (Lipinski definition) is 1. The minimum Gasteiger partial charge on any atom is -0.457 e. The van der Waals surface area contributed by atoms with E-state index in [-0.39, 0.29) is 4.90 Å². The normalized spacial score (nSPS) is 11.2. The molecular formula is C12H10BrNO3S. The molecule has 0 aliphatic heterocycles. The van der Waals surface area contributed by atoms with E-state index >= 15 is 0 Å². The van der Waals surface area contributed by atoms with Crippen LogP contribution in [0.25, 0.3) is 0 Å².